The Morgan fingerprint density at radius 1 is 1.35 bits per heavy atom. The monoisotopic (exact) mass is 237 g/mol. The van der Waals surface area contributed by atoms with Crippen LogP contribution in [0.3, 0.4) is 0 Å². The lowest BCUT2D eigenvalue weighted by molar-refractivity contribution is 0.0593. The number of benzene rings is 1. The Kier molecular flexibility index (Phi) is 4.52. The quantitative estimate of drug-likeness (QED) is 0.794. The minimum Gasteiger partial charge on any atom is -0.492 e. The van der Waals surface area contributed by atoms with Crippen LogP contribution in [-0.4, -0.2) is 26.2 Å². The molecule has 1 rings (SSSR count). The van der Waals surface area contributed by atoms with Crippen LogP contribution >= 0.6 is 0 Å². The third-order valence-electron chi connectivity index (χ3n) is 2.46. The lowest BCUT2D eigenvalue weighted by Gasteiger charge is -2.23. The number of carbonyl (C=O) groups excluding carboxylic acids is 1. The molecule has 0 spiro atoms. The van der Waals surface area contributed by atoms with Gasteiger partial charge in [0.05, 0.1) is 13.7 Å². The molecule has 1 aromatic carbocycles. The van der Waals surface area contributed by atoms with Crippen molar-refractivity contribution in [3.8, 4) is 5.75 Å². The molecule has 0 aliphatic carbocycles. The van der Waals surface area contributed by atoms with Crippen LogP contribution in [0.4, 0.5) is 0 Å². The van der Waals surface area contributed by atoms with Gasteiger partial charge in [0.15, 0.2) is 0 Å². The van der Waals surface area contributed by atoms with E-state index in [1.165, 1.54) is 7.11 Å². The largest absolute Gasteiger partial charge is 0.492 e. The van der Waals surface area contributed by atoms with E-state index in [1.807, 2.05) is 19.9 Å². The smallest absolute Gasteiger partial charge is 0.341 e. The molecule has 0 amide bonds. The van der Waals surface area contributed by atoms with Crippen molar-refractivity contribution >= 4 is 5.97 Å². The van der Waals surface area contributed by atoms with Gasteiger partial charge in [0.1, 0.15) is 11.3 Å². The first kappa shape index (κ1) is 13.5. The van der Waals surface area contributed by atoms with Crippen LogP contribution in [0.1, 0.15) is 24.2 Å². The van der Waals surface area contributed by atoms with E-state index < -0.39 is 5.97 Å². The van der Waals surface area contributed by atoms with Crippen molar-refractivity contribution in [3.05, 3.63) is 29.8 Å². The maximum atomic E-state index is 11.5. The second-order valence-corrected chi connectivity index (χ2v) is 4.64. The Morgan fingerprint density at radius 2 is 2.00 bits per heavy atom. The minimum absolute atomic E-state index is 0.122. The van der Waals surface area contributed by atoms with E-state index in [2.05, 4.69) is 0 Å². The van der Waals surface area contributed by atoms with Crippen LogP contribution in [0.15, 0.2) is 24.3 Å². The van der Waals surface area contributed by atoms with E-state index in [-0.39, 0.29) is 5.41 Å². The van der Waals surface area contributed by atoms with Crippen molar-refractivity contribution in [3.63, 3.8) is 0 Å². The van der Waals surface area contributed by atoms with Gasteiger partial charge in [-0.15, -0.1) is 0 Å². The predicted molar refractivity (Wildman–Crippen MR) is 66.1 cm³/mol. The first-order valence-corrected chi connectivity index (χ1v) is 5.50. The van der Waals surface area contributed by atoms with Crippen molar-refractivity contribution in [1.29, 1.82) is 0 Å². The third-order valence-corrected chi connectivity index (χ3v) is 2.46. The van der Waals surface area contributed by atoms with E-state index in [9.17, 15) is 4.79 Å². The molecular formula is C13H19NO3. The fraction of sp³-hybridized carbons (Fsp3) is 0.462. The standard InChI is InChI=1S/C13H19NO3/c1-13(2,8-14)9-17-11-7-5-4-6-10(11)12(15)16-3/h4-7H,8-9,14H2,1-3H3. The molecule has 4 heteroatoms. The Morgan fingerprint density at radius 3 is 2.59 bits per heavy atom. The summed E-state index contributed by atoms with van der Waals surface area (Å²) in [6.45, 7) is 4.99. The Bertz CT molecular complexity index is 388. The van der Waals surface area contributed by atoms with Crippen molar-refractivity contribution in [2.45, 2.75) is 13.8 Å². The zero-order chi connectivity index (χ0) is 12.9. The highest BCUT2D eigenvalue weighted by Gasteiger charge is 2.19. The summed E-state index contributed by atoms with van der Waals surface area (Å²) in [7, 11) is 1.35. The average molecular weight is 237 g/mol. The molecule has 0 radical (unpaired) electrons. The molecule has 94 valence electrons. The number of rotatable bonds is 5. The van der Waals surface area contributed by atoms with Crippen LogP contribution in [0.25, 0.3) is 0 Å². The molecule has 0 aliphatic heterocycles. The minimum atomic E-state index is -0.397. The number of hydrogen-bond acceptors (Lipinski definition) is 4. The highest BCUT2D eigenvalue weighted by molar-refractivity contribution is 5.92. The molecule has 0 unspecified atom stereocenters. The zero-order valence-electron chi connectivity index (χ0n) is 10.5. The summed E-state index contributed by atoms with van der Waals surface area (Å²) < 4.78 is 10.3. The number of para-hydroxylation sites is 1. The number of hydrogen-bond donors (Lipinski definition) is 1. The summed E-state index contributed by atoms with van der Waals surface area (Å²) in [4.78, 5) is 11.5. The van der Waals surface area contributed by atoms with E-state index in [4.69, 9.17) is 15.2 Å². The fourth-order valence-corrected chi connectivity index (χ4v) is 1.20. The van der Waals surface area contributed by atoms with Crippen LogP contribution in [-0.2, 0) is 4.74 Å². The summed E-state index contributed by atoms with van der Waals surface area (Å²) in [6, 6.07) is 7.01. The maximum absolute atomic E-state index is 11.5. The van der Waals surface area contributed by atoms with Crippen LogP contribution in [0.2, 0.25) is 0 Å². The molecule has 0 bridgehead atoms. The summed E-state index contributed by atoms with van der Waals surface area (Å²) in [6.07, 6.45) is 0. The second-order valence-electron chi connectivity index (χ2n) is 4.64. The number of esters is 1. The lowest BCUT2D eigenvalue weighted by Crippen LogP contribution is -2.30. The Hall–Kier alpha value is -1.55. The predicted octanol–water partition coefficient (Wildman–Crippen LogP) is 1.84. The summed E-state index contributed by atoms with van der Waals surface area (Å²) in [5.41, 5.74) is 5.93. The molecular weight excluding hydrogens is 218 g/mol. The average Bonchev–Trinajstić information content (AvgIpc) is 2.36. The highest BCUT2D eigenvalue weighted by atomic mass is 16.5. The van der Waals surface area contributed by atoms with Crippen molar-refractivity contribution < 1.29 is 14.3 Å². The van der Waals surface area contributed by atoms with Gasteiger partial charge in [-0.25, -0.2) is 4.79 Å². The molecule has 0 fully saturated rings. The number of nitrogens with two attached hydrogens (primary N) is 1. The van der Waals surface area contributed by atoms with E-state index in [0.717, 1.165) is 0 Å². The second kappa shape index (κ2) is 5.68. The van der Waals surface area contributed by atoms with E-state index in [1.54, 1.807) is 18.2 Å². The number of methoxy groups -OCH3 is 1. The van der Waals surface area contributed by atoms with E-state index >= 15 is 0 Å². The van der Waals surface area contributed by atoms with Crippen LogP contribution in [0, 0.1) is 5.41 Å². The van der Waals surface area contributed by atoms with Crippen molar-refractivity contribution in [1.82, 2.24) is 0 Å². The van der Waals surface area contributed by atoms with Gasteiger partial charge >= 0.3 is 5.97 Å². The molecule has 0 heterocycles. The molecule has 4 nitrogen and oxygen atoms in total. The Labute approximate surface area is 102 Å². The first-order chi connectivity index (χ1) is 8.00. The van der Waals surface area contributed by atoms with Gasteiger partial charge in [-0.05, 0) is 12.1 Å². The van der Waals surface area contributed by atoms with Crippen molar-refractivity contribution in [2.75, 3.05) is 20.3 Å². The Balaban J connectivity index is 2.81. The van der Waals surface area contributed by atoms with Gasteiger partial charge in [-0.1, -0.05) is 26.0 Å². The topological polar surface area (TPSA) is 61.5 Å². The highest BCUT2D eigenvalue weighted by Crippen LogP contribution is 2.22. The molecule has 0 saturated heterocycles. The van der Waals surface area contributed by atoms with Gasteiger partial charge in [-0.3, -0.25) is 0 Å². The first-order valence-electron chi connectivity index (χ1n) is 5.50. The normalized spacial score (nSPS) is 11.1. The number of ether oxygens (including phenoxy) is 2. The number of carbonyl (C=O) groups is 1. The van der Waals surface area contributed by atoms with Crippen LogP contribution in [0.5, 0.6) is 5.75 Å². The van der Waals surface area contributed by atoms with Crippen molar-refractivity contribution in [2.24, 2.45) is 11.1 Å². The van der Waals surface area contributed by atoms with Gasteiger partial charge in [0, 0.05) is 12.0 Å². The van der Waals surface area contributed by atoms with Gasteiger partial charge in [0.2, 0.25) is 0 Å². The summed E-state index contributed by atoms with van der Waals surface area (Å²) in [5, 5.41) is 0. The summed E-state index contributed by atoms with van der Waals surface area (Å²) >= 11 is 0. The van der Waals surface area contributed by atoms with E-state index in [0.29, 0.717) is 24.5 Å². The maximum Gasteiger partial charge on any atom is 0.341 e. The molecule has 1 aromatic rings. The van der Waals surface area contributed by atoms with Gasteiger partial charge in [-0.2, -0.15) is 0 Å². The van der Waals surface area contributed by atoms with Gasteiger partial charge < -0.3 is 15.2 Å². The zero-order valence-corrected chi connectivity index (χ0v) is 10.5. The molecule has 2 N–H and O–H groups in total. The SMILES string of the molecule is COC(=O)c1ccccc1OCC(C)(C)CN. The molecule has 0 aliphatic rings. The molecule has 0 aromatic heterocycles. The van der Waals surface area contributed by atoms with Crippen LogP contribution < -0.4 is 10.5 Å². The third kappa shape index (κ3) is 3.75. The summed E-state index contributed by atoms with van der Waals surface area (Å²) in [5.74, 6) is 0.132. The molecule has 0 atom stereocenters. The van der Waals surface area contributed by atoms with Gasteiger partial charge in [0.25, 0.3) is 0 Å². The fourth-order valence-electron chi connectivity index (χ4n) is 1.20. The lowest BCUT2D eigenvalue weighted by atomic mass is 9.95. The molecule has 17 heavy (non-hydrogen) atoms. The molecule has 0 saturated carbocycles.